The van der Waals surface area contributed by atoms with Gasteiger partial charge in [-0.2, -0.15) is 5.10 Å². The molecule has 0 bridgehead atoms. The van der Waals surface area contributed by atoms with E-state index in [1.807, 2.05) is 17.5 Å². The Bertz CT molecular complexity index is 923. The van der Waals surface area contributed by atoms with Crippen LogP contribution in [0.1, 0.15) is 16.9 Å². The van der Waals surface area contributed by atoms with Crippen LogP contribution in [-0.2, 0) is 21.2 Å². The molecule has 1 fully saturated rings. The van der Waals surface area contributed by atoms with Crippen LogP contribution >= 0.6 is 11.3 Å². The zero-order chi connectivity index (χ0) is 19.3. The number of hydrogen-bond donors (Lipinski definition) is 1. The summed E-state index contributed by atoms with van der Waals surface area (Å²) in [5.74, 6) is 0.203. The Kier molecular flexibility index (Phi) is 6.12. The molecule has 1 atom stereocenters. The first-order valence-corrected chi connectivity index (χ1v) is 11.0. The number of benzene rings is 1. The monoisotopic (exact) mass is 408 g/mol. The topological polar surface area (TPSA) is 94.1 Å². The maximum Gasteiger partial charge on any atom is 0.244 e. The Morgan fingerprint density at radius 3 is 2.89 bits per heavy atom. The third-order valence-corrected chi connectivity index (χ3v) is 6.75. The molecule has 0 radical (unpaired) electrons. The van der Waals surface area contributed by atoms with Crippen molar-refractivity contribution in [1.82, 2.24) is 5.43 Å². The molecular weight excluding hydrogens is 388 g/mol. The number of nitrogens with one attached hydrogen (secondary N) is 1. The van der Waals surface area contributed by atoms with E-state index >= 15 is 0 Å². The number of nitrogens with zero attached hydrogens (tertiary/aromatic N) is 1. The predicted octanol–water partition coefficient (Wildman–Crippen LogP) is 2.22. The lowest BCUT2D eigenvalue weighted by molar-refractivity contribution is -0.124. The predicted molar refractivity (Wildman–Crippen MR) is 104 cm³/mol. The Labute approximate surface area is 161 Å². The van der Waals surface area contributed by atoms with Crippen LogP contribution in [0.3, 0.4) is 0 Å². The maximum atomic E-state index is 12.0. The van der Waals surface area contributed by atoms with Crippen molar-refractivity contribution in [3.63, 3.8) is 0 Å². The summed E-state index contributed by atoms with van der Waals surface area (Å²) in [6, 6.07) is 9.28. The van der Waals surface area contributed by atoms with Crippen molar-refractivity contribution in [2.24, 2.45) is 11.0 Å². The molecule has 1 saturated heterocycles. The van der Waals surface area contributed by atoms with Crippen molar-refractivity contribution >= 4 is 33.3 Å². The van der Waals surface area contributed by atoms with Crippen molar-refractivity contribution < 1.29 is 22.7 Å². The summed E-state index contributed by atoms with van der Waals surface area (Å²) in [6.07, 6.45) is 1.82. The summed E-state index contributed by atoms with van der Waals surface area (Å²) < 4.78 is 34.0. The number of amides is 1. The largest absolute Gasteiger partial charge is 0.493 e. The van der Waals surface area contributed by atoms with Crippen LogP contribution in [0.15, 0.2) is 40.8 Å². The molecule has 0 spiro atoms. The minimum Gasteiger partial charge on any atom is -0.493 e. The summed E-state index contributed by atoms with van der Waals surface area (Å²) >= 11 is 1.62. The first-order chi connectivity index (χ1) is 13.0. The zero-order valence-electron chi connectivity index (χ0n) is 14.8. The Morgan fingerprint density at radius 1 is 1.37 bits per heavy atom. The van der Waals surface area contributed by atoms with Gasteiger partial charge in [-0.15, -0.1) is 11.3 Å². The highest BCUT2D eigenvalue weighted by molar-refractivity contribution is 7.91. The molecule has 1 aromatic carbocycles. The number of hydrazone groups is 1. The molecule has 7 nitrogen and oxygen atoms in total. The van der Waals surface area contributed by atoms with Crippen LogP contribution < -0.4 is 14.9 Å². The molecule has 0 aliphatic carbocycles. The van der Waals surface area contributed by atoms with E-state index in [0.29, 0.717) is 24.5 Å². The lowest BCUT2D eigenvalue weighted by Crippen LogP contribution is -2.27. The second-order valence-electron chi connectivity index (χ2n) is 6.11. The molecule has 1 amide bonds. The molecule has 1 aliphatic heterocycles. The zero-order valence-corrected chi connectivity index (χ0v) is 16.4. The van der Waals surface area contributed by atoms with E-state index in [-0.39, 0.29) is 17.4 Å². The summed E-state index contributed by atoms with van der Waals surface area (Å²) in [5, 5.41) is 5.90. The molecule has 2 heterocycles. The van der Waals surface area contributed by atoms with Crippen molar-refractivity contribution in [1.29, 1.82) is 0 Å². The molecule has 1 N–H and O–H groups in total. The van der Waals surface area contributed by atoms with Crippen LogP contribution in [-0.4, -0.2) is 39.2 Å². The summed E-state index contributed by atoms with van der Waals surface area (Å²) in [6.45, 7) is 0.460. The van der Waals surface area contributed by atoms with Gasteiger partial charge in [0.05, 0.1) is 30.7 Å². The van der Waals surface area contributed by atoms with E-state index in [4.69, 9.17) is 9.47 Å². The molecule has 1 aliphatic rings. The fraction of sp³-hybridized carbons (Fsp3) is 0.333. The van der Waals surface area contributed by atoms with E-state index in [1.54, 1.807) is 36.6 Å². The number of ether oxygens (including phenoxy) is 2. The molecule has 3 rings (SSSR count). The summed E-state index contributed by atoms with van der Waals surface area (Å²) in [5.41, 5.74) is 3.12. The van der Waals surface area contributed by atoms with E-state index in [1.165, 1.54) is 6.21 Å². The number of thiophene rings is 1. The van der Waals surface area contributed by atoms with Crippen molar-refractivity contribution in [3.05, 3.63) is 46.2 Å². The fourth-order valence-corrected chi connectivity index (χ4v) is 5.05. The maximum absolute atomic E-state index is 12.0. The number of carbonyl (C=O) groups is 1. The molecule has 9 heteroatoms. The van der Waals surface area contributed by atoms with Gasteiger partial charge in [0, 0.05) is 4.88 Å². The van der Waals surface area contributed by atoms with Gasteiger partial charge in [0.2, 0.25) is 5.91 Å². The SMILES string of the molecule is COc1cc(/C=N\NC(=O)[C@@H]2CCS(=O)(=O)C2)ccc1OCc1cccs1. The molecule has 2 aromatic rings. The highest BCUT2D eigenvalue weighted by Gasteiger charge is 2.32. The quantitative estimate of drug-likeness (QED) is 0.560. The van der Waals surface area contributed by atoms with Gasteiger partial charge >= 0.3 is 0 Å². The number of rotatable bonds is 7. The molecule has 0 saturated carbocycles. The van der Waals surface area contributed by atoms with Gasteiger partial charge in [-0.3, -0.25) is 4.79 Å². The Morgan fingerprint density at radius 2 is 2.22 bits per heavy atom. The average Bonchev–Trinajstić information content (AvgIpc) is 3.29. The Balaban J connectivity index is 1.58. The second-order valence-corrected chi connectivity index (χ2v) is 9.37. The Hall–Kier alpha value is -2.39. The lowest BCUT2D eigenvalue weighted by atomic mass is 10.1. The fourth-order valence-electron chi connectivity index (χ4n) is 2.69. The van der Waals surface area contributed by atoms with Gasteiger partial charge in [0.1, 0.15) is 6.61 Å². The molecule has 0 unspecified atom stereocenters. The van der Waals surface area contributed by atoms with Crippen molar-refractivity contribution in [3.8, 4) is 11.5 Å². The lowest BCUT2D eigenvalue weighted by Gasteiger charge is -2.10. The van der Waals surface area contributed by atoms with Crippen LogP contribution in [0.4, 0.5) is 0 Å². The first kappa shape index (κ1) is 19.4. The van der Waals surface area contributed by atoms with Gasteiger partial charge in [-0.05, 0) is 41.6 Å². The summed E-state index contributed by atoms with van der Waals surface area (Å²) in [4.78, 5) is 13.1. The minimum atomic E-state index is -3.10. The van der Waals surface area contributed by atoms with E-state index < -0.39 is 15.8 Å². The van der Waals surface area contributed by atoms with Crippen molar-refractivity contribution in [2.75, 3.05) is 18.6 Å². The number of carbonyl (C=O) groups excluding carboxylic acids is 1. The number of methoxy groups -OCH3 is 1. The highest BCUT2D eigenvalue weighted by atomic mass is 32.2. The number of hydrogen-bond acceptors (Lipinski definition) is 7. The molecule has 1 aromatic heterocycles. The van der Waals surface area contributed by atoms with Gasteiger partial charge in [-0.1, -0.05) is 6.07 Å². The van der Waals surface area contributed by atoms with Crippen LogP contribution in [0.25, 0.3) is 0 Å². The van der Waals surface area contributed by atoms with E-state index in [0.717, 1.165) is 10.4 Å². The van der Waals surface area contributed by atoms with Gasteiger partial charge < -0.3 is 9.47 Å². The van der Waals surface area contributed by atoms with Crippen LogP contribution in [0, 0.1) is 5.92 Å². The highest BCUT2D eigenvalue weighted by Crippen LogP contribution is 2.28. The van der Waals surface area contributed by atoms with Crippen LogP contribution in [0.5, 0.6) is 11.5 Å². The standard InChI is InChI=1S/C18H20N2O5S2/c1-24-17-9-13(4-5-16(17)25-11-15-3-2-7-26-15)10-19-20-18(21)14-6-8-27(22,23)12-14/h2-5,7,9-10,14H,6,8,11-12H2,1H3,(H,20,21)/b19-10-/t14-/m1/s1. The van der Waals surface area contributed by atoms with Gasteiger partial charge in [-0.25, -0.2) is 13.8 Å². The summed E-state index contributed by atoms with van der Waals surface area (Å²) in [7, 11) is -1.54. The normalized spacial score (nSPS) is 18.5. The van der Waals surface area contributed by atoms with E-state index in [2.05, 4.69) is 10.5 Å². The van der Waals surface area contributed by atoms with Gasteiger partial charge in [0.15, 0.2) is 21.3 Å². The molecule has 144 valence electrons. The average molecular weight is 409 g/mol. The third kappa shape index (κ3) is 5.30. The minimum absolute atomic E-state index is 0.0545. The third-order valence-electron chi connectivity index (χ3n) is 4.13. The molecule has 27 heavy (non-hydrogen) atoms. The first-order valence-electron chi connectivity index (χ1n) is 8.33. The number of sulfone groups is 1. The van der Waals surface area contributed by atoms with E-state index in [9.17, 15) is 13.2 Å². The van der Waals surface area contributed by atoms with Gasteiger partial charge in [0.25, 0.3) is 0 Å². The smallest absolute Gasteiger partial charge is 0.244 e. The second kappa shape index (κ2) is 8.53. The molecular formula is C18H20N2O5S2. The van der Waals surface area contributed by atoms with Crippen molar-refractivity contribution in [2.45, 2.75) is 13.0 Å². The van der Waals surface area contributed by atoms with Crippen LogP contribution in [0.2, 0.25) is 0 Å².